The third kappa shape index (κ3) is 11.2. The van der Waals surface area contributed by atoms with Crippen LogP contribution in [0.5, 0.6) is 0 Å². The molecule has 4 fully saturated rings. The third-order valence-corrected chi connectivity index (χ3v) is 16.7. The highest BCUT2D eigenvalue weighted by Gasteiger charge is 2.56. The first-order chi connectivity index (χ1) is 36.5. The Balaban J connectivity index is 0.000000150. The summed E-state index contributed by atoms with van der Waals surface area (Å²) in [5.74, 6) is -1.86. The molecule has 4 aliphatic rings. The maximum absolute atomic E-state index is 14.6. The number of ketones is 2. The summed E-state index contributed by atoms with van der Waals surface area (Å²) in [6, 6.07) is 32.7. The molecule has 4 aliphatic carbocycles. The van der Waals surface area contributed by atoms with Gasteiger partial charge in [0, 0.05) is 89.5 Å². The number of aliphatic carboxylic acids is 2. The Morgan fingerprint density at radius 2 is 0.934 bits per heavy atom. The maximum atomic E-state index is 14.6. The van der Waals surface area contributed by atoms with Crippen LogP contribution in [0, 0.1) is 46.1 Å². The highest BCUT2D eigenvalue weighted by atomic mass is 79.9. The molecular formula is C60H56BBrF2N4O8. The number of pyridine rings is 2. The van der Waals surface area contributed by atoms with E-state index in [1.807, 2.05) is 57.9 Å². The van der Waals surface area contributed by atoms with Gasteiger partial charge in [0.2, 0.25) is 0 Å². The van der Waals surface area contributed by atoms with E-state index < -0.39 is 19.1 Å². The zero-order valence-electron chi connectivity index (χ0n) is 41.6. The number of aromatic nitrogens is 4. The molecule has 2 spiro atoms. The van der Waals surface area contributed by atoms with Crippen LogP contribution in [0.1, 0.15) is 96.1 Å². The van der Waals surface area contributed by atoms with Gasteiger partial charge in [0.15, 0.2) is 11.6 Å². The first kappa shape index (κ1) is 52.3. The second-order valence-corrected chi connectivity index (χ2v) is 22.4. The number of carbonyl (C=O) groups excluding carboxylic acids is 2. The minimum Gasteiger partial charge on any atom is -0.481 e. The zero-order chi connectivity index (χ0) is 53.3. The molecule has 0 atom stereocenters. The van der Waals surface area contributed by atoms with Crippen molar-refractivity contribution in [3.63, 3.8) is 0 Å². The molecule has 388 valence electrons. The second kappa shape index (κ2) is 21.8. The van der Waals surface area contributed by atoms with E-state index >= 15 is 0 Å². The quantitative estimate of drug-likeness (QED) is 0.0603. The van der Waals surface area contributed by atoms with Crippen LogP contribution in [0.2, 0.25) is 0 Å². The Labute approximate surface area is 446 Å². The lowest BCUT2D eigenvalue weighted by Gasteiger charge is -2.56. The number of hydrogen-bond acceptors (Lipinski definition) is 8. The van der Waals surface area contributed by atoms with Gasteiger partial charge in [0.05, 0.1) is 22.9 Å². The predicted molar refractivity (Wildman–Crippen MR) is 289 cm³/mol. The molecule has 0 amide bonds. The molecule has 4 heterocycles. The van der Waals surface area contributed by atoms with Gasteiger partial charge in [-0.2, -0.15) is 0 Å². The van der Waals surface area contributed by atoms with E-state index in [4.69, 9.17) is 20.3 Å². The number of rotatable bonds is 14. The molecule has 0 saturated heterocycles. The Bertz CT molecular complexity index is 3420. The maximum Gasteiger partial charge on any atom is 0.488 e. The first-order valence-electron chi connectivity index (χ1n) is 25.6. The van der Waals surface area contributed by atoms with Gasteiger partial charge in [-0.3, -0.25) is 29.1 Å². The number of carbonyl (C=O) groups is 4. The van der Waals surface area contributed by atoms with Crippen LogP contribution in [0.25, 0.3) is 32.9 Å². The average Bonchev–Trinajstić information content (AvgIpc) is 4.00. The highest BCUT2D eigenvalue weighted by molar-refractivity contribution is 9.10. The van der Waals surface area contributed by atoms with E-state index in [0.717, 1.165) is 78.1 Å². The largest absolute Gasteiger partial charge is 0.488 e. The number of fused-ring (bicyclic) bond motifs is 2. The van der Waals surface area contributed by atoms with Gasteiger partial charge in [0.25, 0.3) is 0 Å². The Morgan fingerprint density at radius 3 is 1.33 bits per heavy atom. The summed E-state index contributed by atoms with van der Waals surface area (Å²) >= 11 is 3.44. The van der Waals surface area contributed by atoms with Gasteiger partial charge in [-0.1, -0.05) is 52.3 Å². The first-order valence-corrected chi connectivity index (χ1v) is 26.4. The Kier molecular flexibility index (Phi) is 15.0. The number of Topliss-reactive ketones (excluding diaryl/α,β-unsaturated/α-hetero) is 2. The second-order valence-electron chi connectivity index (χ2n) is 21.5. The molecule has 4 aromatic heterocycles. The van der Waals surface area contributed by atoms with Gasteiger partial charge < -0.3 is 29.4 Å². The van der Waals surface area contributed by atoms with Crippen molar-refractivity contribution >= 4 is 73.8 Å². The van der Waals surface area contributed by atoms with Crippen LogP contribution in [-0.4, -0.2) is 70.0 Å². The van der Waals surface area contributed by atoms with Gasteiger partial charge in [-0.25, -0.2) is 8.78 Å². The van der Waals surface area contributed by atoms with Crippen molar-refractivity contribution in [3.8, 4) is 11.1 Å². The van der Waals surface area contributed by atoms with Crippen molar-refractivity contribution in [1.29, 1.82) is 0 Å². The molecule has 0 aliphatic heterocycles. The molecule has 12 nitrogen and oxygen atoms in total. The van der Waals surface area contributed by atoms with Crippen LogP contribution >= 0.6 is 15.9 Å². The molecular weight excluding hydrogens is 1030 g/mol. The van der Waals surface area contributed by atoms with Crippen molar-refractivity contribution in [2.45, 2.75) is 77.3 Å². The SMILES string of the molecule is O=C(CC1CC2(C1)CC(C(=O)O)C2)c1ccc(F)c2ccn(Cc3ccc(-c4ccncc4)cc3)c12.O=C(CC1CC2(C1)CC(C(=O)O)C2)c1ccc(F)c2ccn(Cc3ccc(Br)cc3)c12.OB(O)c1ccncc1. The molecule has 8 aromatic rings. The van der Waals surface area contributed by atoms with E-state index in [1.54, 1.807) is 48.8 Å². The number of carboxylic acids is 2. The fraction of sp³-hybridized carbons (Fsp3) is 0.300. The lowest BCUT2D eigenvalue weighted by atomic mass is 9.47. The molecule has 4 saturated carbocycles. The number of hydrogen-bond donors (Lipinski definition) is 4. The van der Waals surface area contributed by atoms with Gasteiger partial charge in [-0.15, -0.1) is 0 Å². The summed E-state index contributed by atoms with van der Waals surface area (Å²) in [6.07, 6.45) is 17.7. The highest BCUT2D eigenvalue weighted by Crippen LogP contribution is 2.63. The lowest BCUT2D eigenvalue weighted by Crippen LogP contribution is -2.50. The number of benzene rings is 4. The summed E-state index contributed by atoms with van der Waals surface area (Å²) < 4.78 is 34.0. The smallest absolute Gasteiger partial charge is 0.481 e. The fourth-order valence-corrected chi connectivity index (χ4v) is 12.8. The predicted octanol–water partition coefficient (Wildman–Crippen LogP) is 11.2. The van der Waals surface area contributed by atoms with E-state index in [9.17, 15) is 28.0 Å². The molecule has 4 N–H and O–H groups in total. The Morgan fingerprint density at radius 1 is 0.539 bits per heavy atom. The van der Waals surface area contributed by atoms with Gasteiger partial charge in [-0.05, 0) is 175 Å². The van der Waals surface area contributed by atoms with Crippen LogP contribution in [0.3, 0.4) is 0 Å². The topological polar surface area (TPSA) is 185 Å². The van der Waals surface area contributed by atoms with Gasteiger partial charge >= 0.3 is 19.1 Å². The van der Waals surface area contributed by atoms with Crippen LogP contribution in [0.4, 0.5) is 8.78 Å². The summed E-state index contributed by atoms with van der Waals surface area (Å²) in [5.41, 5.74) is 7.48. The van der Waals surface area contributed by atoms with Crippen molar-refractivity contribution in [3.05, 3.63) is 185 Å². The van der Waals surface area contributed by atoms with E-state index in [-0.39, 0.29) is 57.7 Å². The van der Waals surface area contributed by atoms with Crippen molar-refractivity contribution < 1.29 is 48.2 Å². The standard InChI is InChI=1S/C30H27FN2O3.C25H23BrFNO3.C5H6BNO2/c31-26-6-5-25(27(34)13-20-14-30(15-20)16-23(17-30)29(35)36)28-24(26)9-12-33(28)18-19-1-3-21(4-2-19)22-7-10-32-11-8-22;26-18-3-1-15(2-4-18)14-28-8-7-19-21(27)6-5-20(23(19)28)22(29)9-16-10-25(11-16)12-17(13-25)24(30)31;8-6(9)5-1-3-7-4-2-5/h1-12,20,23H,13-18H2,(H,35,36);1-8,16-17H,9-14H2,(H,30,31);1-4,8-9H. The average molecular weight is 1090 g/mol. The molecule has 0 unspecified atom stereocenters. The third-order valence-electron chi connectivity index (χ3n) is 16.2. The Hall–Kier alpha value is -7.14. The fourth-order valence-electron chi connectivity index (χ4n) is 12.5. The minimum absolute atomic E-state index is 0.0296. The zero-order valence-corrected chi connectivity index (χ0v) is 43.2. The van der Waals surface area contributed by atoms with Crippen molar-refractivity contribution in [2.24, 2.45) is 34.5 Å². The number of nitrogens with zero attached hydrogens (tertiary/aromatic N) is 4. The van der Waals surface area contributed by atoms with Gasteiger partial charge in [0.1, 0.15) is 11.6 Å². The minimum atomic E-state index is -1.38. The van der Waals surface area contributed by atoms with Crippen LogP contribution in [-0.2, 0) is 22.7 Å². The van der Waals surface area contributed by atoms with E-state index in [0.29, 0.717) is 64.3 Å². The van der Waals surface area contributed by atoms with Crippen LogP contribution < -0.4 is 5.46 Å². The van der Waals surface area contributed by atoms with E-state index in [1.165, 1.54) is 24.5 Å². The number of halogens is 3. The van der Waals surface area contributed by atoms with E-state index in [2.05, 4.69) is 50.2 Å². The number of carboxylic acid groups (broad SMARTS) is 2. The molecule has 0 bridgehead atoms. The lowest BCUT2D eigenvalue weighted by molar-refractivity contribution is -0.158. The molecule has 12 rings (SSSR count). The van der Waals surface area contributed by atoms with Crippen molar-refractivity contribution in [2.75, 3.05) is 0 Å². The van der Waals surface area contributed by atoms with Crippen molar-refractivity contribution in [1.82, 2.24) is 19.1 Å². The monoisotopic (exact) mass is 1090 g/mol. The summed E-state index contributed by atoms with van der Waals surface area (Å²) in [5, 5.41) is 36.3. The summed E-state index contributed by atoms with van der Waals surface area (Å²) in [4.78, 5) is 56.5. The molecule has 4 aromatic carbocycles. The normalized spacial score (nSPS) is 22.0. The summed E-state index contributed by atoms with van der Waals surface area (Å²) in [6.45, 7) is 1.09. The summed E-state index contributed by atoms with van der Waals surface area (Å²) in [7, 11) is -1.38. The van der Waals surface area contributed by atoms with Crippen LogP contribution in [0.15, 0.2) is 151 Å². The molecule has 0 radical (unpaired) electrons. The molecule has 16 heteroatoms. The molecule has 76 heavy (non-hydrogen) atoms.